The number of hydrogen-bond donors (Lipinski definition) is 2. The van der Waals surface area contributed by atoms with E-state index in [2.05, 4.69) is 27.5 Å². The van der Waals surface area contributed by atoms with Gasteiger partial charge in [0.15, 0.2) is 0 Å². The summed E-state index contributed by atoms with van der Waals surface area (Å²) in [4.78, 5) is 9.05. The SMILES string of the molecule is CCCc1nc(NCC)cc(Nc2cc(C)ccc2Cl)n1. The average molecular weight is 305 g/mol. The number of rotatable bonds is 6. The maximum Gasteiger partial charge on any atom is 0.136 e. The van der Waals surface area contributed by atoms with E-state index in [-0.39, 0.29) is 0 Å². The molecule has 0 aliphatic rings. The molecule has 1 aromatic carbocycles. The van der Waals surface area contributed by atoms with Gasteiger partial charge in [-0.1, -0.05) is 24.6 Å². The summed E-state index contributed by atoms with van der Waals surface area (Å²) in [7, 11) is 0. The number of anilines is 3. The van der Waals surface area contributed by atoms with Crippen LogP contribution in [-0.4, -0.2) is 16.5 Å². The maximum atomic E-state index is 6.23. The molecule has 0 saturated heterocycles. The molecular formula is C16H21ClN4. The molecule has 0 amide bonds. The summed E-state index contributed by atoms with van der Waals surface area (Å²) < 4.78 is 0. The highest BCUT2D eigenvalue weighted by molar-refractivity contribution is 6.33. The number of aromatic nitrogens is 2. The van der Waals surface area contributed by atoms with E-state index in [4.69, 9.17) is 11.6 Å². The Morgan fingerprint density at radius 1 is 1.10 bits per heavy atom. The Balaban J connectivity index is 2.31. The normalized spacial score (nSPS) is 10.5. The minimum atomic E-state index is 0.682. The van der Waals surface area contributed by atoms with Crippen LogP contribution in [0.3, 0.4) is 0 Å². The summed E-state index contributed by atoms with van der Waals surface area (Å²) in [6.07, 6.45) is 1.87. The van der Waals surface area contributed by atoms with Crippen molar-refractivity contribution in [2.45, 2.75) is 33.6 Å². The number of aryl methyl sites for hydroxylation is 2. The predicted molar refractivity (Wildman–Crippen MR) is 89.7 cm³/mol. The second kappa shape index (κ2) is 7.27. The van der Waals surface area contributed by atoms with Gasteiger partial charge in [-0.15, -0.1) is 0 Å². The van der Waals surface area contributed by atoms with Gasteiger partial charge in [-0.3, -0.25) is 0 Å². The third-order valence-electron chi connectivity index (χ3n) is 2.99. The summed E-state index contributed by atoms with van der Waals surface area (Å²) in [6.45, 7) is 7.03. The first-order valence-corrected chi connectivity index (χ1v) is 7.65. The van der Waals surface area contributed by atoms with E-state index in [1.807, 2.05) is 38.1 Å². The van der Waals surface area contributed by atoms with Gasteiger partial charge >= 0.3 is 0 Å². The van der Waals surface area contributed by atoms with Crippen LogP contribution in [0.1, 0.15) is 31.7 Å². The minimum Gasteiger partial charge on any atom is -0.370 e. The van der Waals surface area contributed by atoms with Crippen molar-refractivity contribution in [3.05, 3.63) is 40.7 Å². The highest BCUT2D eigenvalue weighted by atomic mass is 35.5. The Kier molecular flexibility index (Phi) is 5.39. The van der Waals surface area contributed by atoms with Gasteiger partial charge in [0.2, 0.25) is 0 Å². The lowest BCUT2D eigenvalue weighted by atomic mass is 10.2. The fourth-order valence-corrected chi connectivity index (χ4v) is 2.21. The monoisotopic (exact) mass is 304 g/mol. The molecule has 21 heavy (non-hydrogen) atoms. The van der Waals surface area contributed by atoms with Gasteiger partial charge in [0.25, 0.3) is 0 Å². The topological polar surface area (TPSA) is 49.8 Å². The van der Waals surface area contributed by atoms with E-state index < -0.39 is 0 Å². The molecule has 4 nitrogen and oxygen atoms in total. The zero-order valence-corrected chi connectivity index (χ0v) is 13.5. The van der Waals surface area contributed by atoms with Crippen LogP contribution in [0, 0.1) is 6.92 Å². The van der Waals surface area contributed by atoms with E-state index in [1.54, 1.807) is 0 Å². The van der Waals surface area contributed by atoms with Crippen LogP contribution in [0.15, 0.2) is 24.3 Å². The minimum absolute atomic E-state index is 0.682. The van der Waals surface area contributed by atoms with E-state index in [9.17, 15) is 0 Å². The van der Waals surface area contributed by atoms with Crippen molar-refractivity contribution >= 4 is 28.9 Å². The molecule has 0 unspecified atom stereocenters. The van der Waals surface area contributed by atoms with Crippen LogP contribution in [0.25, 0.3) is 0 Å². The molecule has 5 heteroatoms. The Labute approximate surface area is 131 Å². The molecule has 0 spiro atoms. The third-order valence-corrected chi connectivity index (χ3v) is 3.32. The molecule has 0 aliphatic heterocycles. The van der Waals surface area contributed by atoms with Crippen molar-refractivity contribution in [2.24, 2.45) is 0 Å². The van der Waals surface area contributed by atoms with Gasteiger partial charge in [-0.05, 0) is 38.0 Å². The van der Waals surface area contributed by atoms with E-state index in [0.717, 1.165) is 48.1 Å². The average Bonchev–Trinajstić information content (AvgIpc) is 2.43. The van der Waals surface area contributed by atoms with E-state index in [1.165, 1.54) is 0 Å². The van der Waals surface area contributed by atoms with Crippen LogP contribution in [-0.2, 0) is 6.42 Å². The highest BCUT2D eigenvalue weighted by Gasteiger charge is 2.06. The number of halogens is 1. The van der Waals surface area contributed by atoms with Crippen LogP contribution in [0.5, 0.6) is 0 Å². The molecule has 2 N–H and O–H groups in total. The number of hydrogen-bond acceptors (Lipinski definition) is 4. The number of nitrogens with one attached hydrogen (secondary N) is 2. The first kappa shape index (κ1) is 15.6. The molecular weight excluding hydrogens is 284 g/mol. The number of benzene rings is 1. The van der Waals surface area contributed by atoms with Crippen molar-refractivity contribution in [1.82, 2.24) is 9.97 Å². The summed E-state index contributed by atoms with van der Waals surface area (Å²) in [5.41, 5.74) is 2.01. The zero-order valence-electron chi connectivity index (χ0n) is 12.7. The Bertz CT molecular complexity index is 589. The van der Waals surface area contributed by atoms with E-state index >= 15 is 0 Å². The van der Waals surface area contributed by atoms with E-state index in [0.29, 0.717) is 5.02 Å². The lowest BCUT2D eigenvalue weighted by molar-refractivity contribution is 0.836. The fourth-order valence-electron chi connectivity index (χ4n) is 2.04. The molecule has 0 saturated carbocycles. The fraction of sp³-hybridized carbons (Fsp3) is 0.375. The molecule has 2 rings (SSSR count). The van der Waals surface area contributed by atoms with Gasteiger partial charge in [0.05, 0.1) is 10.7 Å². The molecule has 0 atom stereocenters. The molecule has 0 radical (unpaired) electrons. The molecule has 0 bridgehead atoms. The van der Waals surface area contributed by atoms with Crippen LogP contribution in [0.2, 0.25) is 5.02 Å². The summed E-state index contributed by atoms with van der Waals surface area (Å²) in [6, 6.07) is 7.79. The standard InChI is InChI=1S/C16H21ClN4/c1-4-6-14-20-15(18-5-2)10-16(21-14)19-13-9-11(3)7-8-12(13)17/h7-10H,4-6H2,1-3H3,(H2,18,19,20,21). The van der Waals surface area contributed by atoms with Gasteiger partial charge in [-0.25, -0.2) is 9.97 Å². The Morgan fingerprint density at radius 3 is 2.57 bits per heavy atom. The molecule has 112 valence electrons. The largest absolute Gasteiger partial charge is 0.370 e. The van der Waals surface area contributed by atoms with Crippen molar-refractivity contribution in [1.29, 1.82) is 0 Å². The van der Waals surface area contributed by atoms with Crippen molar-refractivity contribution in [2.75, 3.05) is 17.2 Å². The Morgan fingerprint density at radius 2 is 1.86 bits per heavy atom. The second-order valence-corrected chi connectivity index (χ2v) is 5.35. The molecule has 0 fully saturated rings. The van der Waals surface area contributed by atoms with Gasteiger partial charge in [0, 0.05) is 19.0 Å². The van der Waals surface area contributed by atoms with Crippen LogP contribution < -0.4 is 10.6 Å². The van der Waals surface area contributed by atoms with Crippen LogP contribution in [0.4, 0.5) is 17.3 Å². The molecule has 1 aromatic heterocycles. The van der Waals surface area contributed by atoms with Gasteiger partial charge in [-0.2, -0.15) is 0 Å². The summed E-state index contributed by atoms with van der Waals surface area (Å²) >= 11 is 6.23. The molecule has 1 heterocycles. The summed E-state index contributed by atoms with van der Waals surface area (Å²) in [5, 5.41) is 7.20. The maximum absolute atomic E-state index is 6.23. The number of nitrogens with zero attached hydrogens (tertiary/aromatic N) is 2. The van der Waals surface area contributed by atoms with Crippen LogP contribution >= 0.6 is 11.6 Å². The predicted octanol–water partition coefficient (Wildman–Crippen LogP) is 4.57. The van der Waals surface area contributed by atoms with Crippen molar-refractivity contribution < 1.29 is 0 Å². The lowest BCUT2D eigenvalue weighted by Crippen LogP contribution is -2.06. The zero-order chi connectivity index (χ0) is 15.2. The summed E-state index contributed by atoms with van der Waals surface area (Å²) in [5.74, 6) is 2.43. The quantitative estimate of drug-likeness (QED) is 0.821. The van der Waals surface area contributed by atoms with Gasteiger partial charge in [0.1, 0.15) is 17.5 Å². The Hall–Kier alpha value is -1.81. The van der Waals surface area contributed by atoms with Crippen molar-refractivity contribution in [3.8, 4) is 0 Å². The molecule has 2 aromatic rings. The van der Waals surface area contributed by atoms with Gasteiger partial charge < -0.3 is 10.6 Å². The second-order valence-electron chi connectivity index (χ2n) is 4.94. The highest BCUT2D eigenvalue weighted by Crippen LogP contribution is 2.26. The first-order valence-electron chi connectivity index (χ1n) is 7.27. The lowest BCUT2D eigenvalue weighted by Gasteiger charge is -2.12. The van der Waals surface area contributed by atoms with Crippen molar-refractivity contribution in [3.63, 3.8) is 0 Å². The first-order chi connectivity index (χ1) is 10.1. The molecule has 0 aliphatic carbocycles. The third kappa shape index (κ3) is 4.33. The smallest absolute Gasteiger partial charge is 0.136 e.